The number of ether oxygens (including phenoxy) is 1. The highest BCUT2D eigenvalue weighted by Gasteiger charge is 2.14. The molecule has 0 aliphatic carbocycles. The van der Waals surface area contributed by atoms with Gasteiger partial charge in [-0.2, -0.15) is 0 Å². The van der Waals surface area contributed by atoms with Crippen molar-refractivity contribution in [1.29, 1.82) is 0 Å². The van der Waals surface area contributed by atoms with Gasteiger partial charge in [-0.25, -0.2) is 4.79 Å². The summed E-state index contributed by atoms with van der Waals surface area (Å²) >= 11 is 5.89. The summed E-state index contributed by atoms with van der Waals surface area (Å²) < 4.78 is 4.68. The Morgan fingerprint density at radius 1 is 1.47 bits per heavy atom. The molecule has 0 radical (unpaired) electrons. The molecule has 0 spiro atoms. The number of carboxylic acid groups (broad SMARTS) is 1. The van der Waals surface area contributed by atoms with Gasteiger partial charge in [0.2, 0.25) is 0 Å². The van der Waals surface area contributed by atoms with E-state index in [4.69, 9.17) is 16.7 Å². The van der Waals surface area contributed by atoms with Crippen LogP contribution in [-0.4, -0.2) is 30.2 Å². The highest BCUT2D eigenvalue weighted by Crippen LogP contribution is 2.23. The summed E-state index contributed by atoms with van der Waals surface area (Å²) in [6.07, 6.45) is 0.505. The second-order valence-electron chi connectivity index (χ2n) is 4.16. The van der Waals surface area contributed by atoms with Gasteiger partial charge in [-0.15, -0.1) is 0 Å². The minimum atomic E-state index is -0.854. The number of esters is 1. The second-order valence-corrected chi connectivity index (χ2v) is 4.60. The SMILES string of the molecule is COC(=O)c1ccc(Cl)cc1NC(C)CCC(=O)O. The molecule has 0 saturated heterocycles. The van der Waals surface area contributed by atoms with E-state index in [-0.39, 0.29) is 12.5 Å². The molecule has 0 heterocycles. The quantitative estimate of drug-likeness (QED) is 0.786. The minimum Gasteiger partial charge on any atom is -0.481 e. The predicted molar refractivity (Wildman–Crippen MR) is 72.7 cm³/mol. The van der Waals surface area contributed by atoms with Crippen LogP contribution in [0.4, 0.5) is 5.69 Å². The van der Waals surface area contributed by atoms with Crippen LogP contribution in [0.25, 0.3) is 0 Å². The van der Waals surface area contributed by atoms with Crippen molar-refractivity contribution in [3.8, 4) is 0 Å². The molecule has 0 bridgehead atoms. The summed E-state index contributed by atoms with van der Waals surface area (Å²) in [5.41, 5.74) is 0.909. The van der Waals surface area contributed by atoms with E-state index in [1.165, 1.54) is 7.11 Å². The molecular weight excluding hydrogens is 270 g/mol. The number of hydrogen-bond donors (Lipinski definition) is 2. The first-order valence-electron chi connectivity index (χ1n) is 5.80. The average Bonchev–Trinajstić information content (AvgIpc) is 2.35. The van der Waals surface area contributed by atoms with Crippen molar-refractivity contribution in [2.24, 2.45) is 0 Å². The molecule has 5 nitrogen and oxygen atoms in total. The van der Waals surface area contributed by atoms with E-state index in [1.54, 1.807) is 18.2 Å². The van der Waals surface area contributed by atoms with Gasteiger partial charge in [0, 0.05) is 17.5 Å². The van der Waals surface area contributed by atoms with E-state index in [1.807, 2.05) is 6.92 Å². The Morgan fingerprint density at radius 2 is 2.16 bits per heavy atom. The maximum Gasteiger partial charge on any atom is 0.339 e. The molecule has 6 heteroatoms. The Labute approximate surface area is 116 Å². The third kappa shape index (κ3) is 4.79. The lowest BCUT2D eigenvalue weighted by Crippen LogP contribution is -2.19. The molecule has 0 aliphatic rings. The van der Waals surface area contributed by atoms with Crippen LogP contribution >= 0.6 is 11.6 Å². The molecule has 0 fully saturated rings. The molecule has 1 atom stereocenters. The van der Waals surface area contributed by atoms with Crippen LogP contribution in [0, 0.1) is 0 Å². The van der Waals surface area contributed by atoms with Crippen LogP contribution < -0.4 is 5.32 Å². The zero-order valence-corrected chi connectivity index (χ0v) is 11.5. The van der Waals surface area contributed by atoms with Crippen LogP contribution in [0.3, 0.4) is 0 Å². The fraction of sp³-hybridized carbons (Fsp3) is 0.385. The number of aliphatic carboxylic acids is 1. The Balaban J connectivity index is 2.83. The highest BCUT2D eigenvalue weighted by molar-refractivity contribution is 6.31. The summed E-state index contributed by atoms with van der Waals surface area (Å²) in [6, 6.07) is 4.69. The third-order valence-corrected chi connectivity index (χ3v) is 2.82. The number of rotatable bonds is 6. The van der Waals surface area contributed by atoms with Gasteiger partial charge >= 0.3 is 11.9 Å². The maximum atomic E-state index is 11.6. The fourth-order valence-corrected chi connectivity index (χ4v) is 1.77. The first-order chi connectivity index (χ1) is 8.93. The number of halogens is 1. The molecule has 1 aromatic rings. The first kappa shape index (κ1) is 15.3. The van der Waals surface area contributed by atoms with Crippen LogP contribution in [0.15, 0.2) is 18.2 Å². The predicted octanol–water partition coefficient (Wildman–Crippen LogP) is 2.79. The lowest BCUT2D eigenvalue weighted by molar-refractivity contribution is -0.137. The number of methoxy groups -OCH3 is 1. The zero-order chi connectivity index (χ0) is 14.4. The number of carbonyl (C=O) groups excluding carboxylic acids is 1. The molecule has 19 heavy (non-hydrogen) atoms. The van der Waals surface area contributed by atoms with Gasteiger partial charge in [-0.1, -0.05) is 11.6 Å². The average molecular weight is 286 g/mol. The number of carboxylic acids is 1. The minimum absolute atomic E-state index is 0.0578. The van der Waals surface area contributed by atoms with Crippen molar-refractivity contribution in [3.63, 3.8) is 0 Å². The van der Waals surface area contributed by atoms with Crippen LogP contribution in [0.5, 0.6) is 0 Å². The third-order valence-electron chi connectivity index (χ3n) is 2.58. The Hall–Kier alpha value is -1.75. The molecule has 1 unspecified atom stereocenters. The van der Waals surface area contributed by atoms with Crippen LogP contribution in [0.1, 0.15) is 30.1 Å². The Kier molecular flexibility index (Phi) is 5.63. The highest BCUT2D eigenvalue weighted by atomic mass is 35.5. The summed E-state index contributed by atoms with van der Waals surface area (Å²) in [7, 11) is 1.30. The Morgan fingerprint density at radius 3 is 2.74 bits per heavy atom. The standard InChI is InChI=1S/C13H16ClNO4/c1-8(3-6-12(16)17)15-11-7-9(14)4-5-10(11)13(18)19-2/h4-5,7-8,15H,3,6H2,1-2H3,(H,16,17). The second kappa shape index (κ2) is 6.99. The van der Waals surface area contributed by atoms with Gasteiger partial charge in [0.15, 0.2) is 0 Å². The number of anilines is 1. The first-order valence-corrected chi connectivity index (χ1v) is 6.18. The molecule has 0 amide bonds. The summed E-state index contributed by atoms with van der Waals surface area (Å²) in [4.78, 5) is 22.1. The normalized spacial score (nSPS) is 11.7. The van der Waals surface area contributed by atoms with Crippen molar-refractivity contribution < 1.29 is 19.4 Å². The van der Waals surface area contributed by atoms with E-state index in [0.717, 1.165) is 0 Å². The molecule has 1 rings (SSSR count). The van der Waals surface area contributed by atoms with Crippen molar-refractivity contribution in [2.75, 3.05) is 12.4 Å². The van der Waals surface area contributed by atoms with E-state index in [9.17, 15) is 9.59 Å². The van der Waals surface area contributed by atoms with Gasteiger partial charge in [-0.05, 0) is 31.5 Å². The summed E-state index contributed by atoms with van der Waals surface area (Å²) in [5.74, 6) is -1.32. The number of carbonyl (C=O) groups is 2. The van der Waals surface area contributed by atoms with Crippen molar-refractivity contribution in [2.45, 2.75) is 25.8 Å². The summed E-state index contributed by atoms with van der Waals surface area (Å²) in [5, 5.41) is 12.2. The van der Waals surface area contributed by atoms with Gasteiger partial charge < -0.3 is 15.2 Å². The van der Waals surface area contributed by atoms with E-state index in [2.05, 4.69) is 10.1 Å². The van der Waals surface area contributed by atoms with Gasteiger partial charge in [0.25, 0.3) is 0 Å². The van der Waals surface area contributed by atoms with Gasteiger partial charge in [0.05, 0.1) is 18.4 Å². The molecule has 1 aromatic carbocycles. The molecule has 104 valence electrons. The lowest BCUT2D eigenvalue weighted by Gasteiger charge is -2.17. The topological polar surface area (TPSA) is 75.6 Å². The smallest absolute Gasteiger partial charge is 0.339 e. The molecule has 0 saturated carbocycles. The fourth-order valence-electron chi connectivity index (χ4n) is 1.60. The molecule has 0 aromatic heterocycles. The van der Waals surface area contributed by atoms with Crippen molar-refractivity contribution in [1.82, 2.24) is 0 Å². The molecule has 2 N–H and O–H groups in total. The van der Waals surface area contributed by atoms with Crippen LogP contribution in [-0.2, 0) is 9.53 Å². The van der Waals surface area contributed by atoms with Crippen molar-refractivity contribution >= 4 is 29.2 Å². The van der Waals surface area contributed by atoms with Crippen molar-refractivity contribution in [3.05, 3.63) is 28.8 Å². The largest absolute Gasteiger partial charge is 0.481 e. The van der Waals surface area contributed by atoms with E-state index < -0.39 is 11.9 Å². The molecular formula is C13H16ClNO4. The summed E-state index contributed by atoms with van der Waals surface area (Å²) in [6.45, 7) is 1.84. The van der Waals surface area contributed by atoms with Gasteiger partial charge in [-0.3, -0.25) is 4.79 Å². The monoisotopic (exact) mass is 285 g/mol. The van der Waals surface area contributed by atoms with Crippen LogP contribution in [0.2, 0.25) is 5.02 Å². The lowest BCUT2D eigenvalue weighted by atomic mass is 10.1. The maximum absolute atomic E-state index is 11.6. The molecule has 0 aliphatic heterocycles. The number of benzene rings is 1. The zero-order valence-electron chi connectivity index (χ0n) is 10.8. The van der Waals surface area contributed by atoms with E-state index >= 15 is 0 Å². The number of hydrogen-bond acceptors (Lipinski definition) is 4. The Bertz CT molecular complexity index is 476. The number of nitrogens with one attached hydrogen (secondary N) is 1. The van der Waals surface area contributed by atoms with E-state index in [0.29, 0.717) is 22.7 Å². The van der Waals surface area contributed by atoms with Gasteiger partial charge in [0.1, 0.15) is 0 Å².